The van der Waals surface area contributed by atoms with Gasteiger partial charge in [-0.15, -0.1) is 0 Å². The lowest BCUT2D eigenvalue weighted by Gasteiger charge is -2.26. The lowest BCUT2D eigenvalue weighted by Crippen LogP contribution is -2.47. The number of amides is 2. The highest BCUT2D eigenvalue weighted by Crippen LogP contribution is 2.29. The number of hydrogen-bond acceptors (Lipinski definition) is 5. The highest BCUT2D eigenvalue weighted by atomic mass is 19.4. The molecule has 7 nitrogen and oxygen atoms in total. The van der Waals surface area contributed by atoms with Crippen LogP contribution in [0.4, 0.5) is 13.2 Å². The molecule has 2 saturated heterocycles. The molecule has 1 aromatic rings. The van der Waals surface area contributed by atoms with E-state index in [4.69, 9.17) is 4.74 Å². The molecule has 0 radical (unpaired) electrons. The van der Waals surface area contributed by atoms with Crippen molar-refractivity contribution >= 4 is 11.8 Å². The van der Waals surface area contributed by atoms with Gasteiger partial charge in [0, 0.05) is 38.7 Å². The summed E-state index contributed by atoms with van der Waals surface area (Å²) >= 11 is 0. The Hall–Kier alpha value is -2.17. The molecule has 0 saturated carbocycles. The number of alkyl halides is 3. The number of nitrogens with zero attached hydrogens (tertiary/aromatic N) is 2. The van der Waals surface area contributed by atoms with Crippen molar-refractivity contribution in [1.29, 1.82) is 0 Å². The number of carbonyl (C=O) groups is 2. The molecule has 2 heterocycles. The first kappa shape index (κ1) is 22.5. The van der Waals surface area contributed by atoms with E-state index < -0.39 is 35.9 Å². The van der Waals surface area contributed by atoms with Gasteiger partial charge in [0.15, 0.2) is 0 Å². The van der Waals surface area contributed by atoms with Gasteiger partial charge in [0.1, 0.15) is 6.10 Å². The summed E-state index contributed by atoms with van der Waals surface area (Å²) in [6.45, 7) is 4.90. The summed E-state index contributed by atoms with van der Waals surface area (Å²) in [6.07, 6.45) is -5.06. The van der Waals surface area contributed by atoms with E-state index in [9.17, 15) is 27.9 Å². The Morgan fingerprint density at radius 1 is 1.17 bits per heavy atom. The Balaban J connectivity index is 1.52. The Morgan fingerprint density at radius 3 is 2.50 bits per heavy atom. The average Bonchev–Trinajstić information content (AvgIpc) is 2.89. The summed E-state index contributed by atoms with van der Waals surface area (Å²) in [5.74, 6) is -0.524. The van der Waals surface area contributed by atoms with Gasteiger partial charge in [-0.25, -0.2) is 0 Å². The van der Waals surface area contributed by atoms with Gasteiger partial charge in [0.2, 0.25) is 5.91 Å². The first-order chi connectivity index (χ1) is 14.1. The van der Waals surface area contributed by atoms with Gasteiger partial charge < -0.3 is 20.1 Å². The Morgan fingerprint density at radius 2 is 1.87 bits per heavy atom. The van der Waals surface area contributed by atoms with Crippen LogP contribution in [0.25, 0.3) is 0 Å². The second kappa shape index (κ2) is 9.32. The molecule has 2 fully saturated rings. The largest absolute Gasteiger partial charge is 0.416 e. The van der Waals surface area contributed by atoms with Crippen molar-refractivity contribution in [2.24, 2.45) is 0 Å². The first-order valence-corrected chi connectivity index (χ1v) is 9.91. The van der Waals surface area contributed by atoms with Crippen LogP contribution in [-0.4, -0.2) is 84.3 Å². The van der Waals surface area contributed by atoms with Crippen molar-refractivity contribution in [3.05, 3.63) is 35.4 Å². The fraction of sp³-hybridized carbons (Fsp3) is 0.600. The molecule has 2 N–H and O–H groups in total. The number of hydrogen-bond donors (Lipinski definition) is 2. The molecular formula is C20H26F3N3O4. The lowest BCUT2D eigenvalue weighted by molar-refractivity contribution is -0.137. The van der Waals surface area contributed by atoms with Crippen LogP contribution in [0.2, 0.25) is 0 Å². The van der Waals surface area contributed by atoms with E-state index in [1.165, 1.54) is 0 Å². The number of aliphatic hydroxyl groups is 1. The van der Waals surface area contributed by atoms with Gasteiger partial charge >= 0.3 is 6.18 Å². The van der Waals surface area contributed by atoms with Crippen molar-refractivity contribution in [3.63, 3.8) is 0 Å². The van der Waals surface area contributed by atoms with Crippen LogP contribution in [0.15, 0.2) is 24.3 Å². The molecule has 1 aromatic carbocycles. The molecule has 166 valence electrons. The molecule has 0 aromatic heterocycles. The second-order valence-electron chi connectivity index (χ2n) is 7.68. The Kier molecular flexibility index (Phi) is 6.99. The zero-order chi connectivity index (χ0) is 21.9. The number of carbonyl (C=O) groups excluding carboxylic acids is 2. The number of benzene rings is 1. The number of halogens is 3. The summed E-state index contributed by atoms with van der Waals surface area (Å²) in [5.41, 5.74) is -0.750. The molecule has 30 heavy (non-hydrogen) atoms. The third kappa shape index (κ3) is 5.50. The summed E-state index contributed by atoms with van der Waals surface area (Å²) < 4.78 is 43.6. The standard InChI is InChI=1S/C20H26F3N3O4/c1-13(27)26-8-2-7-25(9-10-26)11-17-18(28)16(12-30-17)24-19(29)14-3-5-15(6-4-14)20(21,22)23/h3-6,16-18,28H,2,7-12H2,1H3,(H,24,29)/t16-,17-,18+/m0/s1. The van der Waals surface area contributed by atoms with E-state index in [-0.39, 0.29) is 18.1 Å². The fourth-order valence-electron chi connectivity index (χ4n) is 3.76. The smallest absolute Gasteiger partial charge is 0.388 e. The summed E-state index contributed by atoms with van der Waals surface area (Å²) in [7, 11) is 0. The summed E-state index contributed by atoms with van der Waals surface area (Å²) in [5, 5.41) is 13.2. The first-order valence-electron chi connectivity index (χ1n) is 9.91. The second-order valence-corrected chi connectivity index (χ2v) is 7.68. The fourth-order valence-corrected chi connectivity index (χ4v) is 3.76. The zero-order valence-corrected chi connectivity index (χ0v) is 16.7. The molecule has 0 bridgehead atoms. The number of aliphatic hydroxyl groups excluding tert-OH is 1. The molecule has 10 heteroatoms. The van der Waals surface area contributed by atoms with Crippen LogP contribution < -0.4 is 5.32 Å². The van der Waals surface area contributed by atoms with Crippen molar-refractivity contribution < 1.29 is 32.6 Å². The topological polar surface area (TPSA) is 82.1 Å². The summed E-state index contributed by atoms with van der Waals surface area (Å²) in [6, 6.07) is 3.27. The normalized spacial score (nSPS) is 25.8. The Labute approximate surface area is 172 Å². The van der Waals surface area contributed by atoms with Crippen LogP contribution >= 0.6 is 0 Å². The van der Waals surface area contributed by atoms with E-state index in [0.29, 0.717) is 26.2 Å². The Bertz CT molecular complexity index is 757. The molecule has 0 spiro atoms. The van der Waals surface area contributed by atoms with Crippen molar-refractivity contribution in [3.8, 4) is 0 Å². The van der Waals surface area contributed by atoms with Gasteiger partial charge in [0.25, 0.3) is 5.91 Å². The predicted octanol–water partition coefficient (Wildman–Crippen LogP) is 1.12. The third-order valence-electron chi connectivity index (χ3n) is 5.55. The van der Waals surface area contributed by atoms with Gasteiger partial charge in [-0.2, -0.15) is 13.2 Å². The minimum absolute atomic E-state index is 0.0417. The van der Waals surface area contributed by atoms with Gasteiger partial charge in [-0.1, -0.05) is 0 Å². The minimum atomic E-state index is -4.47. The molecule has 2 amide bonds. The SMILES string of the molecule is CC(=O)N1CCCN(C[C@@H]2OC[C@H](NC(=O)c3ccc(C(F)(F)F)cc3)[C@H]2O)CC1. The van der Waals surface area contributed by atoms with Gasteiger partial charge in [-0.3, -0.25) is 14.5 Å². The van der Waals surface area contributed by atoms with E-state index in [1.54, 1.807) is 11.8 Å². The van der Waals surface area contributed by atoms with E-state index in [2.05, 4.69) is 10.2 Å². The molecule has 0 aliphatic carbocycles. The highest BCUT2D eigenvalue weighted by molar-refractivity contribution is 5.94. The maximum Gasteiger partial charge on any atom is 0.416 e. The van der Waals surface area contributed by atoms with Gasteiger partial charge in [0.05, 0.1) is 24.3 Å². The monoisotopic (exact) mass is 429 g/mol. The number of ether oxygens (including phenoxy) is 1. The average molecular weight is 429 g/mol. The highest BCUT2D eigenvalue weighted by Gasteiger charge is 2.38. The van der Waals surface area contributed by atoms with Crippen LogP contribution in [0.1, 0.15) is 29.3 Å². The zero-order valence-electron chi connectivity index (χ0n) is 16.7. The molecule has 2 aliphatic rings. The minimum Gasteiger partial charge on any atom is -0.388 e. The third-order valence-corrected chi connectivity index (χ3v) is 5.55. The molecular weight excluding hydrogens is 403 g/mol. The predicted molar refractivity (Wildman–Crippen MR) is 102 cm³/mol. The van der Waals surface area contributed by atoms with E-state index >= 15 is 0 Å². The summed E-state index contributed by atoms with van der Waals surface area (Å²) in [4.78, 5) is 27.8. The van der Waals surface area contributed by atoms with Crippen molar-refractivity contribution in [2.45, 2.75) is 37.8 Å². The van der Waals surface area contributed by atoms with E-state index in [1.807, 2.05) is 0 Å². The van der Waals surface area contributed by atoms with Crippen LogP contribution in [0, 0.1) is 0 Å². The van der Waals surface area contributed by atoms with Crippen LogP contribution in [-0.2, 0) is 15.7 Å². The number of nitrogens with one attached hydrogen (secondary N) is 1. The van der Waals surface area contributed by atoms with Crippen LogP contribution in [0.5, 0.6) is 0 Å². The van der Waals surface area contributed by atoms with Gasteiger partial charge in [-0.05, 0) is 37.2 Å². The van der Waals surface area contributed by atoms with Crippen LogP contribution in [0.3, 0.4) is 0 Å². The quantitative estimate of drug-likeness (QED) is 0.750. The molecule has 2 aliphatic heterocycles. The molecule has 0 unspecified atom stereocenters. The van der Waals surface area contributed by atoms with E-state index in [0.717, 1.165) is 37.2 Å². The number of rotatable bonds is 4. The lowest BCUT2D eigenvalue weighted by atomic mass is 10.1. The maximum absolute atomic E-state index is 12.6. The maximum atomic E-state index is 12.6. The molecule has 3 atom stereocenters. The van der Waals surface area contributed by atoms with Crippen molar-refractivity contribution in [1.82, 2.24) is 15.1 Å². The molecule has 3 rings (SSSR count). The van der Waals surface area contributed by atoms with Crippen molar-refractivity contribution in [2.75, 3.05) is 39.3 Å².